The molecule has 0 saturated carbocycles. The van der Waals surface area contributed by atoms with Crippen LogP contribution in [0.4, 0.5) is 0 Å². The molecule has 0 aliphatic carbocycles. The Hall–Kier alpha value is -2.04. The minimum absolute atomic E-state index is 0.0746. The van der Waals surface area contributed by atoms with Crippen LogP contribution in [-0.2, 0) is 6.42 Å². The molecule has 0 fully saturated rings. The highest BCUT2D eigenvalue weighted by Gasteiger charge is 2.24. The summed E-state index contributed by atoms with van der Waals surface area (Å²) in [5, 5.41) is 9.47. The predicted octanol–water partition coefficient (Wildman–Crippen LogP) is 2.31. The molecule has 104 valence electrons. The lowest BCUT2D eigenvalue weighted by molar-refractivity contribution is 0.0697. The number of fused-ring (bicyclic) bond motifs is 1. The van der Waals surface area contributed by atoms with Crippen molar-refractivity contribution in [3.63, 3.8) is 0 Å². The number of ether oxygens (including phenoxy) is 2. The molecule has 2 unspecified atom stereocenters. The molecule has 1 aliphatic heterocycles. The molecule has 1 aliphatic rings. The Morgan fingerprint density at radius 3 is 2.70 bits per heavy atom. The second kappa shape index (κ2) is 5.53. The van der Waals surface area contributed by atoms with Crippen molar-refractivity contribution in [1.82, 2.24) is 0 Å². The van der Waals surface area contributed by atoms with Crippen LogP contribution in [0, 0.1) is 5.92 Å². The monoisotopic (exact) mass is 271 g/mol. The smallest absolute Gasteiger partial charge is 0.127 e. The van der Waals surface area contributed by atoms with Crippen molar-refractivity contribution in [3.8, 4) is 17.2 Å². The van der Waals surface area contributed by atoms with Gasteiger partial charge in [-0.05, 0) is 42.3 Å². The molecule has 0 spiro atoms. The Bertz CT molecular complexity index is 584. The third-order valence-corrected chi connectivity index (χ3v) is 3.43. The van der Waals surface area contributed by atoms with Crippen LogP contribution in [0.3, 0.4) is 0 Å². The largest absolute Gasteiger partial charge is 0.493 e. The van der Waals surface area contributed by atoms with Crippen LogP contribution >= 0.6 is 0 Å². The minimum atomic E-state index is -0.859. The lowest BCUT2D eigenvalue weighted by atomic mass is 9.95. The Morgan fingerprint density at radius 1 is 1.15 bits per heavy atom. The number of rotatable bonds is 3. The van der Waals surface area contributed by atoms with Crippen molar-refractivity contribution in [2.45, 2.75) is 12.6 Å². The lowest BCUT2D eigenvalue weighted by Gasteiger charge is -2.27. The number of nitrogens with two attached hydrogens (primary N) is 1. The Morgan fingerprint density at radius 2 is 1.95 bits per heavy atom. The van der Waals surface area contributed by atoms with E-state index in [1.165, 1.54) is 0 Å². The maximum absolute atomic E-state index is 9.47. The fraction of sp³-hybridized carbons (Fsp3) is 0.250. The van der Waals surface area contributed by atoms with Gasteiger partial charge in [0, 0.05) is 5.92 Å². The summed E-state index contributed by atoms with van der Waals surface area (Å²) >= 11 is 0. The van der Waals surface area contributed by atoms with Gasteiger partial charge in [-0.3, -0.25) is 0 Å². The fourth-order valence-electron chi connectivity index (χ4n) is 2.30. The second-order valence-corrected chi connectivity index (χ2v) is 4.95. The van der Waals surface area contributed by atoms with Crippen molar-refractivity contribution in [3.05, 3.63) is 54.1 Å². The number of para-hydroxylation sites is 1. The number of aliphatic hydroxyl groups is 1. The summed E-state index contributed by atoms with van der Waals surface area (Å²) in [6, 6.07) is 15.3. The van der Waals surface area contributed by atoms with Gasteiger partial charge in [-0.2, -0.15) is 0 Å². The molecule has 3 N–H and O–H groups in total. The second-order valence-electron chi connectivity index (χ2n) is 4.95. The average molecular weight is 271 g/mol. The van der Waals surface area contributed by atoms with Crippen LogP contribution in [-0.4, -0.2) is 17.9 Å². The fourth-order valence-corrected chi connectivity index (χ4v) is 2.30. The molecule has 0 amide bonds. The number of hydrogen-bond acceptors (Lipinski definition) is 4. The van der Waals surface area contributed by atoms with Gasteiger partial charge < -0.3 is 20.3 Å². The highest BCUT2D eigenvalue weighted by atomic mass is 16.5. The van der Waals surface area contributed by atoms with E-state index in [1.54, 1.807) is 0 Å². The van der Waals surface area contributed by atoms with E-state index >= 15 is 0 Å². The van der Waals surface area contributed by atoms with Crippen LogP contribution < -0.4 is 15.2 Å². The molecule has 2 atom stereocenters. The van der Waals surface area contributed by atoms with Gasteiger partial charge in [0.2, 0.25) is 0 Å². The summed E-state index contributed by atoms with van der Waals surface area (Å²) in [6.07, 6.45) is -0.166. The Kier molecular flexibility index (Phi) is 3.58. The molecule has 4 heteroatoms. The van der Waals surface area contributed by atoms with Gasteiger partial charge in [0.15, 0.2) is 0 Å². The zero-order valence-corrected chi connectivity index (χ0v) is 11.0. The molecule has 4 nitrogen and oxygen atoms in total. The highest BCUT2D eigenvalue weighted by Crippen LogP contribution is 2.32. The van der Waals surface area contributed by atoms with Gasteiger partial charge in [-0.1, -0.05) is 18.2 Å². The van der Waals surface area contributed by atoms with Crippen molar-refractivity contribution in [1.29, 1.82) is 0 Å². The summed E-state index contributed by atoms with van der Waals surface area (Å²) in [5.74, 6) is 2.31. The van der Waals surface area contributed by atoms with Gasteiger partial charge in [0.25, 0.3) is 0 Å². The standard InChI is InChI=1S/C16H17NO3/c17-16(18)12-8-11-9-14(6-7-15(11)19-10-12)20-13-4-2-1-3-5-13/h1-7,9,12,16,18H,8,10,17H2. The van der Waals surface area contributed by atoms with Crippen molar-refractivity contribution in [2.24, 2.45) is 11.7 Å². The third-order valence-electron chi connectivity index (χ3n) is 3.43. The van der Waals surface area contributed by atoms with E-state index in [0.717, 1.165) is 22.8 Å². The first-order valence-electron chi connectivity index (χ1n) is 6.64. The maximum Gasteiger partial charge on any atom is 0.127 e. The Balaban J connectivity index is 1.80. The molecule has 1 heterocycles. The molecule has 0 aromatic heterocycles. The average Bonchev–Trinajstić information content (AvgIpc) is 2.47. The third kappa shape index (κ3) is 2.76. The van der Waals surface area contributed by atoms with E-state index in [1.807, 2.05) is 48.5 Å². The molecule has 3 rings (SSSR count). The molecule has 0 saturated heterocycles. The van der Waals surface area contributed by atoms with Crippen LogP contribution in [0.5, 0.6) is 17.2 Å². The summed E-state index contributed by atoms with van der Waals surface area (Å²) in [5.41, 5.74) is 6.54. The molecule has 0 radical (unpaired) electrons. The summed E-state index contributed by atoms with van der Waals surface area (Å²) < 4.78 is 11.4. The molecular weight excluding hydrogens is 254 g/mol. The number of hydrogen-bond donors (Lipinski definition) is 2. The van der Waals surface area contributed by atoms with Crippen molar-refractivity contribution >= 4 is 0 Å². The molecule has 0 bridgehead atoms. The summed E-state index contributed by atoms with van der Waals surface area (Å²) in [7, 11) is 0. The van der Waals surface area contributed by atoms with Crippen LogP contribution in [0.25, 0.3) is 0 Å². The SMILES string of the molecule is NC(O)C1COc2ccc(Oc3ccccc3)cc2C1. The molecule has 2 aromatic rings. The predicted molar refractivity (Wildman–Crippen MR) is 75.8 cm³/mol. The van der Waals surface area contributed by atoms with Crippen LogP contribution in [0.15, 0.2) is 48.5 Å². The normalized spacial score (nSPS) is 18.8. The van der Waals surface area contributed by atoms with E-state index in [4.69, 9.17) is 15.2 Å². The topological polar surface area (TPSA) is 64.7 Å². The van der Waals surface area contributed by atoms with E-state index in [-0.39, 0.29) is 5.92 Å². The van der Waals surface area contributed by atoms with Gasteiger partial charge in [0.1, 0.15) is 23.5 Å². The highest BCUT2D eigenvalue weighted by molar-refractivity contribution is 5.43. The van der Waals surface area contributed by atoms with Crippen LogP contribution in [0.1, 0.15) is 5.56 Å². The lowest BCUT2D eigenvalue weighted by Crippen LogP contribution is -2.37. The first-order chi connectivity index (χ1) is 9.72. The summed E-state index contributed by atoms with van der Waals surface area (Å²) in [6.45, 7) is 0.448. The molecule has 20 heavy (non-hydrogen) atoms. The van der Waals surface area contributed by atoms with Crippen molar-refractivity contribution in [2.75, 3.05) is 6.61 Å². The zero-order valence-electron chi connectivity index (χ0n) is 11.0. The number of benzene rings is 2. The first-order valence-corrected chi connectivity index (χ1v) is 6.64. The number of aliphatic hydroxyl groups excluding tert-OH is 1. The summed E-state index contributed by atoms with van der Waals surface area (Å²) in [4.78, 5) is 0. The minimum Gasteiger partial charge on any atom is -0.493 e. The maximum atomic E-state index is 9.47. The van der Waals surface area contributed by atoms with E-state index < -0.39 is 6.23 Å². The zero-order chi connectivity index (χ0) is 13.9. The van der Waals surface area contributed by atoms with Crippen molar-refractivity contribution < 1.29 is 14.6 Å². The van der Waals surface area contributed by atoms with Gasteiger partial charge in [0.05, 0.1) is 6.61 Å². The van der Waals surface area contributed by atoms with Gasteiger partial charge >= 0.3 is 0 Å². The van der Waals surface area contributed by atoms with Crippen LogP contribution in [0.2, 0.25) is 0 Å². The van der Waals surface area contributed by atoms with E-state index in [9.17, 15) is 5.11 Å². The first kappa shape index (κ1) is 13.0. The Labute approximate surface area is 117 Å². The quantitative estimate of drug-likeness (QED) is 0.841. The van der Waals surface area contributed by atoms with Gasteiger partial charge in [-0.15, -0.1) is 0 Å². The molecule has 2 aromatic carbocycles. The molecular formula is C16H17NO3. The van der Waals surface area contributed by atoms with Gasteiger partial charge in [-0.25, -0.2) is 0 Å². The van der Waals surface area contributed by atoms with E-state index in [0.29, 0.717) is 13.0 Å². The van der Waals surface area contributed by atoms with E-state index in [2.05, 4.69) is 0 Å².